The van der Waals surface area contributed by atoms with Crippen LogP contribution in [0.5, 0.6) is 0 Å². The molecule has 0 unspecified atom stereocenters. The Morgan fingerprint density at radius 2 is 2.00 bits per heavy atom. The maximum absolute atomic E-state index is 11.5. The highest BCUT2D eigenvalue weighted by molar-refractivity contribution is 6.09. The molecule has 0 radical (unpaired) electrons. The molecule has 1 aromatic heterocycles. The molecule has 1 N–H and O–H groups in total. The van der Waals surface area contributed by atoms with Gasteiger partial charge in [-0.3, -0.25) is 0 Å². The van der Waals surface area contributed by atoms with Crippen LogP contribution in [-0.4, -0.2) is 25.8 Å². The molecule has 0 aliphatic carbocycles. The SMILES string of the molecule is CCCn1cnnc1-c1cccc2cccc(C(=O)O)c12. The number of rotatable bonds is 4. The van der Waals surface area contributed by atoms with Gasteiger partial charge in [-0.15, -0.1) is 10.2 Å². The lowest BCUT2D eigenvalue weighted by Crippen LogP contribution is -2.02. The molecule has 106 valence electrons. The third kappa shape index (κ3) is 2.27. The van der Waals surface area contributed by atoms with Crippen LogP contribution in [0.25, 0.3) is 22.2 Å². The van der Waals surface area contributed by atoms with Crippen molar-refractivity contribution in [3.05, 3.63) is 48.3 Å². The summed E-state index contributed by atoms with van der Waals surface area (Å²) in [7, 11) is 0. The summed E-state index contributed by atoms with van der Waals surface area (Å²) in [6.07, 6.45) is 2.64. The number of carboxylic acid groups (broad SMARTS) is 1. The molecular formula is C16H15N3O2. The summed E-state index contributed by atoms with van der Waals surface area (Å²) in [6.45, 7) is 2.88. The minimum absolute atomic E-state index is 0.286. The van der Waals surface area contributed by atoms with E-state index in [1.165, 1.54) is 0 Å². The summed E-state index contributed by atoms with van der Waals surface area (Å²) in [4.78, 5) is 11.5. The van der Waals surface area contributed by atoms with Gasteiger partial charge in [0.15, 0.2) is 5.82 Å². The van der Waals surface area contributed by atoms with E-state index in [0.29, 0.717) is 11.2 Å². The molecule has 0 saturated carbocycles. The van der Waals surface area contributed by atoms with E-state index >= 15 is 0 Å². The van der Waals surface area contributed by atoms with Crippen LogP contribution in [0.1, 0.15) is 23.7 Å². The first-order chi connectivity index (χ1) is 10.2. The van der Waals surface area contributed by atoms with Gasteiger partial charge >= 0.3 is 5.97 Å². The van der Waals surface area contributed by atoms with E-state index in [9.17, 15) is 9.90 Å². The third-order valence-electron chi connectivity index (χ3n) is 3.46. The minimum atomic E-state index is -0.936. The third-order valence-corrected chi connectivity index (χ3v) is 3.46. The number of fused-ring (bicyclic) bond motifs is 1. The van der Waals surface area contributed by atoms with Gasteiger partial charge in [0, 0.05) is 17.5 Å². The maximum Gasteiger partial charge on any atom is 0.336 e. The molecule has 0 bridgehead atoms. The van der Waals surface area contributed by atoms with Crippen LogP contribution < -0.4 is 0 Å². The first-order valence-corrected chi connectivity index (χ1v) is 6.85. The minimum Gasteiger partial charge on any atom is -0.478 e. The monoisotopic (exact) mass is 281 g/mol. The summed E-state index contributed by atoms with van der Waals surface area (Å²) < 4.78 is 1.95. The lowest BCUT2D eigenvalue weighted by Gasteiger charge is -2.10. The molecule has 5 heteroatoms. The summed E-state index contributed by atoms with van der Waals surface area (Å²) in [5, 5.41) is 19.2. The van der Waals surface area contributed by atoms with Crippen LogP contribution in [0.3, 0.4) is 0 Å². The molecule has 5 nitrogen and oxygen atoms in total. The van der Waals surface area contributed by atoms with Crippen molar-refractivity contribution < 1.29 is 9.90 Å². The Bertz CT molecular complexity index is 803. The molecular weight excluding hydrogens is 266 g/mol. The Morgan fingerprint density at radius 1 is 1.24 bits per heavy atom. The van der Waals surface area contributed by atoms with Crippen molar-refractivity contribution >= 4 is 16.7 Å². The molecule has 0 aliphatic rings. The number of benzene rings is 2. The normalized spacial score (nSPS) is 10.9. The molecule has 2 aromatic carbocycles. The predicted molar refractivity (Wildman–Crippen MR) is 80.2 cm³/mol. The second-order valence-corrected chi connectivity index (χ2v) is 4.86. The zero-order valence-corrected chi connectivity index (χ0v) is 11.7. The van der Waals surface area contributed by atoms with Crippen LogP contribution in [0.4, 0.5) is 0 Å². The second kappa shape index (κ2) is 5.36. The van der Waals surface area contributed by atoms with E-state index < -0.39 is 5.97 Å². The molecule has 0 atom stereocenters. The number of carbonyl (C=O) groups is 1. The first-order valence-electron chi connectivity index (χ1n) is 6.85. The Kier molecular flexibility index (Phi) is 3.39. The summed E-state index contributed by atoms with van der Waals surface area (Å²) in [5.74, 6) is -0.231. The molecule has 1 heterocycles. The molecule has 0 spiro atoms. The summed E-state index contributed by atoms with van der Waals surface area (Å²) >= 11 is 0. The smallest absolute Gasteiger partial charge is 0.336 e. The highest BCUT2D eigenvalue weighted by atomic mass is 16.4. The number of aryl methyl sites for hydroxylation is 1. The lowest BCUT2D eigenvalue weighted by atomic mass is 9.98. The van der Waals surface area contributed by atoms with Crippen LogP contribution in [0, 0.1) is 0 Å². The average molecular weight is 281 g/mol. The molecule has 0 amide bonds. The quantitative estimate of drug-likeness (QED) is 0.797. The van der Waals surface area contributed by atoms with Crippen LogP contribution in [-0.2, 0) is 6.54 Å². The largest absolute Gasteiger partial charge is 0.478 e. The topological polar surface area (TPSA) is 68.0 Å². The van der Waals surface area contributed by atoms with E-state index in [1.54, 1.807) is 18.5 Å². The molecule has 0 fully saturated rings. The van der Waals surface area contributed by atoms with Gasteiger partial charge in [0.2, 0.25) is 0 Å². The van der Waals surface area contributed by atoms with E-state index in [2.05, 4.69) is 17.1 Å². The van der Waals surface area contributed by atoms with Crippen molar-refractivity contribution in [3.8, 4) is 11.4 Å². The van der Waals surface area contributed by atoms with Crippen molar-refractivity contribution in [2.24, 2.45) is 0 Å². The van der Waals surface area contributed by atoms with Gasteiger partial charge in [0.25, 0.3) is 0 Å². The highest BCUT2D eigenvalue weighted by Crippen LogP contribution is 2.30. The van der Waals surface area contributed by atoms with Crippen molar-refractivity contribution in [1.29, 1.82) is 0 Å². The van der Waals surface area contributed by atoms with Gasteiger partial charge in [0.1, 0.15) is 6.33 Å². The Hall–Kier alpha value is -2.69. The fourth-order valence-electron chi connectivity index (χ4n) is 2.57. The van der Waals surface area contributed by atoms with Crippen LogP contribution >= 0.6 is 0 Å². The average Bonchev–Trinajstić information content (AvgIpc) is 2.94. The molecule has 0 aliphatic heterocycles. The van der Waals surface area contributed by atoms with E-state index in [-0.39, 0.29) is 5.56 Å². The van der Waals surface area contributed by atoms with Crippen molar-refractivity contribution in [2.75, 3.05) is 0 Å². The Morgan fingerprint density at radius 3 is 2.71 bits per heavy atom. The van der Waals surface area contributed by atoms with Crippen molar-refractivity contribution in [1.82, 2.24) is 14.8 Å². The van der Waals surface area contributed by atoms with Gasteiger partial charge in [0.05, 0.1) is 5.56 Å². The lowest BCUT2D eigenvalue weighted by molar-refractivity contribution is 0.0699. The van der Waals surface area contributed by atoms with Gasteiger partial charge < -0.3 is 9.67 Å². The molecule has 0 saturated heterocycles. The maximum atomic E-state index is 11.5. The van der Waals surface area contributed by atoms with E-state index in [0.717, 1.165) is 23.9 Å². The Labute approximate surface area is 121 Å². The number of nitrogens with zero attached hydrogens (tertiary/aromatic N) is 3. The van der Waals surface area contributed by atoms with E-state index in [4.69, 9.17) is 0 Å². The molecule has 21 heavy (non-hydrogen) atoms. The zero-order chi connectivity index (χ0) is 14.8. The van der Waals surface area contributed by atoms with Gasteiger partial charge in [-0.1, -0.05) is 37.3 Å². The fourth-order valence-corrected chi connectivity index (χ4v) is 2.57. The van der Waals surface area contributed by atoms with E-state index in [1.807, 2.05) is 28.8 Å². The number of carboxylic acids is 1. The van der Waals surface area contributed by atoms with Gasteiger partial charge in [-0.2, -0.15) is 0 Å². The number of aromatic carboxylic acids is 1. The molecule has 3 aromatic rings. The first kappa shape index (κ1) is 13.3. The van der Waals surface area contributed by atoms with Crippen LogP contribution in [0.15, 0.2) is 42.7 Å². The van der Waals surface area contributed by atoms with Crippen LogP contribution in [0.2, 0.25) is 0 Å². The number of hydrogen-bond donors (Lipinski definition) is 1. The van der Waals surface area contributed by atoms with Crippen molar-refractivity contribution in [2.45, 2.75) is 19.9 Å². The second-order valence-electron chi connectivity index (χ2n) is 4.86. The Balaban J connectivity index is 2.32. The summed E-state index contributed by atoms with van der Waals surface area (Å²) in [6, 6.07) is 11.0. The zero-order valence-electron chi connectivity index (χ0n) is 11.7. The highest BCUT2D eigenvalue weighted by Gasteiger charge is 2.16. The number of hydrogen-bond acceptors (Lipinski definition) is 3. The standard InChI is InChI=1S/C16H15N3O2/c1-2-9-19-10-17-18-15(19)12-7-3-5-11-6-4-8-13(14(11)12)16(20)21/h3-8,10H,2,9H2,1H3,(H,20,21). The molecule has 3 rings (SSSR count). The summed E-state index contributed by atoms with van der Waals surface area (Å²) in [5.41, 5.74) is 1.09. The van der Waals surface area contributed by atoms with Crippen molar-refractivity contribution in [3.63, 3.8) is 0 Å². The predicted octanol–water partition coefficient (Wildman–Crippen LogP) is 3.21. The fraction of sp³-hybridized carbons (Fsp3) is 0.188. The number of aromatic nitrogens is 3. The van der Waals surface area contributed by atoms with Gasteiger partial charge in [-0.25, -0.2) is 4.79 Å². The van der Waals surface area contributed by atoms with Gasteiger partial charge in [-0.05, 0) is 17.9 Å².